The minimum absolute atomic E-state index is 0.107. The number of urea groups is 1. The van der Waals surface area contributed by atoms with E-state index in [0.29, 0.717) is 12.2 Å². The van der Waals surface area contributed by atoms with Gasteiger partial charge in [-0.1, -0.05) is 15.9 Å². The number of nitrogens with one attached hydrogen (secondary N) is 2. The molecule has 0 atom stereocenters. The van der Waals surface area contributed by atoms with Crippen LogP contribution in [-0.2, 0) is 4.79 Å². The molecule has 20 heavy (non-hydrogen) atoms. The van der Waals surface area contributed by atoms with Gasteiger partial charge in [0.05, 0.1) is 19.0 Å². The van der Waals surface area contributed by atoms with Gasteiger partial charge in [-0.25, -0.2) is 4.79 Å². The molecular weight excluding hydrogens is 324 g/mol. The summed E-state index contributed by atoms with van der Waals surface area (Å²) in [6, 6.07) is 8.59. The second-order valence-corrected chi connectivity index (χ2v) is 4.95. The first-order valence-electron chi connectivity index (χ1n) is 5.94. The number of halogens is 1. The second-order valence-electron chi connectivity index (χ2n) is 4.04. The number of carbonyl (C=O) groups is 2. The largest absolute Gasteiger partial charge is 0.343 e. The normalized spacial score (nSPS) is 9.45. The van der Waals surface area contributed by atoms with Gasteiger partial charge in [0.2, 0.25) is 5.91 Å². The SMILES string of the molecule is CN(CCC#N)C(=O)CNC(=O)Nc1ccc(Br)cc1. The Hall–Kier alpha value is -2.07. The summed E-state index contributed by atoms with van der Waals surface area (Å²) in [5.41, 5.74) is 0.635. The Morgan fingerprint density at radius 3 is 2.60 bits per heavy atom. The van der Waals surface area contributed by atoms with E-state index in [1.807, 2.05) is 6.07 Å². The van der Waals surface area contributed by atoms with Crippen molar-refractivity contribution in [2.24, 2.45) is 0 Å². The van der Waals surface area contributed by atoms with Crippen molar-refractivity contribution in [3.05, 3.63) is 28.7 Å². The summed E-state index contributed by atoms with van der Waals surface area (Å²) in [6.45, 7) is 0.246. The Balaban J connectivity index is 2.34. The third-order valence-corrected chi connectivity index (χ3v) is 3.02. The lowest BCUT2D eigenvalue weighted by Gasteiger charge is -2.15. The van der Waals surface area contributed by atoms with Crippen LogP contribution in [0.5, 0.6) is 0 Å². The molecule has 0 saturated carbocycles. The summed E-state index contributed by atoms with van der Waals surface area (Å²) in [6.07, 6.45) is 0.271. The first-order valence-corrected chi connectivity index (χ1v) is 6.73. The monoisotopic (exact) mass is 338 g/mol. The van der Waals surface area contributed by atoms with E-state index in [4.69, 9.17) is 5.26 Å². The van der Waals surface area contributed by atoms with Crippen molar-refractivity contribution >= 4 is 33.6 Å². The van der Waals surface area contributed by atoms with Gasteiger partial charge in [-0.15, -0.1) is 0 Å². The van der Waals surface area contributed by atoms with E-state index in [-0.39, 0.29) is 18.9 Å². The van der Waals surface area contributed by atoms with E-state index in [0.717, 1.165) is 4.47 Å². The Labute approximate surface area is 125 Å². The summed E-state index contributed by atoms with van der Waals surface area (Å²) >= 11 is 3.30. The first-order chi connectivity index (χ1) is 9.52. The molecule has 0 aliphatic heterocycles. The van der Waals surface area contributed by atoms with E-state index >= 15 is 0 Å². The zero-order chi connectivity index (χ0) is 15.0. The molecule has 1 aromatic rings. The fourth-order valence-electron chi connectivity index (χ4n) is 1.34. The average Bonchev–Trinajstić information content (AvgIpc) is 2.44. The number of carbonyl (C=O) groups excluding carboxylic acids is 2. The number of hydrogen-bond acceptors (Lipinski definition) is 3. The van der Waals surface area contributed by atoms with Crippen molar-refractivity contribution in [2.45, 2.75) is 6.42 Å². The van der Waals surface area contributed by atoms with Crippen LogP contribution in [0.1, 0.15) is 6.42 Å². The van der Waals surface area contributed by atoms with Crippen LogP contribution in [0.4, 0.5) is 10.5 Å². The summed E-state index contributed by atoms with van der Waals surface area (Å²) in [4.78, 5) is 24.6. The number of hydrogen-bond donors (Lipinski definition) is 2. The summed E-state index contributed by atoms with van der Waals surface area (Å²) in [5, 5.41) is 13.5. The first kappa shape index (κ1) is 16.0. The molecule has 0 spiro atoms. The Morgan fingerprint density at radius 2 is 2.00 bits per heavy atom. The van der Waals surface area contributed by atoms with E-state index in [2.05, 4.69) is 26.6 Å². The zero-order valence-electron chi connectivity index (χ0n) is 11.0. The predicted molar refractivity (Wildman–Crippen MR) is 79.0 cm³/mol. The van der Waals surface area contributed by atoms with Crippen molar-refractivity contribution < 1.29 is 9.59 Å². The molecule has 0 aliphatic rings. The molecule has 0 fully saturated rings. The molecule has 2 N–H and O–H groups in total. The lowest BCUT2D eigenvalue weighted by molar-refractivity contribution is -0.128. The van der Waals surface area contributed by atoms with Crippen LogP contribution < -0.4 is 10.6 Å². The van der Waals surface area contributed by atoms with E-state index in [1.54, 1.807) is 31.3 Å². The number of likely N-dealkylation sites (N-methyl/N-ethyl adjacent to an activating group) is 1. The molecule has 0 bridgehead atoms. The summed E-state index contributed by atoms with van der Waals surface area (Å²) in [5.74, 6) is -0.244. The quantitative estimate of drug-likeness (QED) is 0.860. The van der Waals surface area contributed by atoms with Crippen LogP contribution in [0.2, 0.25) is 0 Å². The molecule has 0 aliphatic carbocycles. The molecule has 106 valence electrons. The number of benzene rings is 1. The molecule has 3 amide bonds. The molecular formula is C13H15BrN4O2. The van der Waals surface area contributed by atoms with E-state index in [1.165, 1.54) is 4.90 Å². The standard InChI is InChI=1S/C13H15BrN4O2/c1-18(8-2-7-15)12(19)9-16-13(20)17-11-5-3-10(14)4-6-11/h3-6H,2,8-9H2,1H3,(H2,16,17,20). The van der Waals surface area contributed by atoms with E-state index in [9.17, 15) is 9.59 Å². The lowest BCUT2D eigenvalue weighted by atomic mass is 10.3. The van der Waals surface area contributed by atoms with Crippen molar-refractivity contribution in [1.29, 1.82) is 5.26 Å². The van der Waals surface area contributed by atoms with Gasteiger partial charge in [0.25, 0.3) is 0 Å². The Morgan fingerprint density at radius 1 is 1.35 bits per heavy atom. The Kier molecular flexibility index (Phi) is 6.53. The van der Waals surface area contributed by atoms with Gasteiger partial charge in [-0.2, -0.15) is 5.26 Å². The maximum atomic E-state index is 11.6. The number of nitrogens with zero attached hydrogens (tertiary/aromatic N) is 2. The van der Waals surface area contributed by atoms with Crippen LogP contribution in [0.3, 0.4) is 0 Å². The van der Waals surface area contributed by atoms with Gasteiger partial charge in [0, 0.05) is 23.8 Å². The fraction of sp³-hybridized carbons (Fsp3) is 0.308. The third kappa shape index (κ3) is 5.71. The van der Waals surface area contributed by atoms with Gasteiger partial charge < -0.3 is 15.5 Å². The van der Waals surface area contributed by atoms with Gasteiger partial charge in [-0.3, -0.25) is 4.79 Å². The maximum Gasteiger partial charge on any atom is 0.319 e. The number of rotatable bonds is 5. The molecule has 0 heterocycles. The molecule has 0 radical (unpaired) electrons. The lowest BCUT2D eigenvalue weighted by Crippen LogP contribution is -2.40. The summed E-state index contributed by atoms with van der Waals surface area (Å²) in [7, 11) is 1.59. The minimum Gasteiger partial charge on any atom is -0.343 e. The van der Waals surface area contributed by atoms with Crippen LogP contribution in [0.25, 0.3) is 0 Å². The fourth-order valence-corrected chi connectivity index (χ4v) is 1.61. The second kappa shape index (κ2) is 8.17. The summed E-state index contributed by atoms with van der Waals surface area (Å²) < 4.78 is 0.915. The zero-order valence-corrected chi connectivity index (χ0v) is 12.6. The maximum absolute atomic E-state index is 11.6. The highest BCUT2D eigenvalue weighted by molar-refractivity contribution is 9.10. The highest BCUT2D eigenvalue weighted by atomic mass is 79.9. The topological polar surface area (TPSA) is 85.2 Å². The minimum atomic E-state index is -0.450. The van der Waals surface area contributed by atoms with E-state index < -0.39 is 6.03 Å². The van der Waals surface area contributed by atoms with Gasteiger partial charge in [0.15, 0.2) is 0 Å². The number of amides is 3. The van der Waals surface area contributed by atoms with Gasteiger partial charge in [-0.05, 0) is 24.3 Å². The molecule has 0 unspecified atom stereocenters. The molecule has 1 rings (SSSR count). The van der Waals surface area contributed by atoms with Crippen LogP contribution in [0.15, 0.2) is 28.7 Å². The van der Waals surface area contributed by atoms with Crippen molar-refractivity contribution in [3.8, 4) is 6.07 Å². The number of anilines is 1. The number of nitriles is 1. The molecule has 7 heteroatoms. The van der Waals surface area contributed by atoms with Crippen molar-refractivity contribution in [2.75, 3.05) is 25.5 Å². The van der Waals surface area contributed by atoms with Crippen LogP contribution >= 0.6 is 15.9 Å². The highest BCUT2D eigenvalue weighted by Crippen LogP contribution is 2.13. The molecule has 6 nitrogen and oxygen atoms in total. The third-order valence-electron chi connectivity index (χ3n) is 2.49. The average molecular weight is 339 g/mol. The predicted octanol–water partition coefficient (Wildman–Crippen LogP) is 1.94. The molecule has 0 saturated heterocycles. The van der Waals surface area contributed by atoms with Crippen LogP contribution in [0, 0.1) is 11.3 Å². The molecule has 0 aromatic heterocycles. The van der Waals surface area contributed by atoms with Crippen LogP contribution in [-0.4, -0.2) is 37.0 Å². The van der Waals surface area contributed by atoms with Gasteiger partial charge in [0.1, 0.15) is 0 Å². The molecule has 1 aromatic carbocycles. The highest BCUT2D eigenvalue weighted by Gasteiger charge is 2.09. The smallest absolute Gasteiger partial charge is 0.319 e. The van der Waals surface area contributed by atoms with Crippen molar-refractivity contribution in [3.63, 3.8) is 0 Å². The van der Waals surface area contributed by atoms with Gasteiger partial charge >= 0.3 is 6.03 Å². The van der Waals surface area contributed by atoms with Crippen molar-refractivity contribution in [1.82, 2.24) is 10.2 Å². The Bertz CT molecular complexity index is 510.